The van der Waals surface area contributed by atoms with Gasteiger partial charge in [0.2, 0.25) is 0 Å². The van der Waals surface area contributed by atoms with E-state index in [1.165, 1.54) is 0 Å². The quantitative estimate of drug-likeness (QED) is 0.240. The summed E-state index contributed by atoms with van der Waals surface area (Å²) in [4.78, 5) is 12.7. The van der Waals surface area contributed by atoms with Crippen molar-refractivity contribution in [3.8, 4) is 0 Å². The molecule has 0 fully saturated rings. The van der Waals surface area contributed by atoms with Gasteiger partial charge in [-0.05, 0) is 0 Å². The van der Waals surface area contributed by atoms with E-state index in [4.69, 9.17) is 9.08 Å². The Bertz CT molecular complexity index is 544. The minimum atomic E-state index is -4.02. The van der Waals surface area contributed by atoms with E-state index in [0.29, 0.717) is 5.57 Å². The number of allylic oxidation sites excluding steroid dienone is 1. The van der Waals surface area contributed by atoms with Gasteiger partial charge in [-0.15, -0.1) is 0 Å². The molecule has 1 N–H and O–H groups in total. The normalized spacial score (nSPS) is 14.7. The predicted octanol–water partition coefficient (Wildman–Crippen LogP) is 5.25. The molecule has 0 rings (SSSR count). The van der Waals surface area contributed by atoms with Crippen LogP contribution < -0.4 is 0 Å². The van der Waals surface area contributed by atoms with Crippen LogP contribution in [0.25, 0.3) is 0 Å². The third kappa shape index (κ3) is 10.0. The van der Waals surface area contributed by atoms with Gasteiger partial charge in [-0.3, -0.25) is 0 Å². The van der Waals surface area contributed by atoms with Crippen molar-refractivity contribution in [1.29, 1.82) is 0 Å². The van der Waals surface area contributed by atoms with Gasteiger partial charge >= 0.3 is 160 Å². The molecule has 0 aliphatic carbocycles. The molecule has 0 aliphatic rings. The fraction of sp³-hybridized carbons (Fsp3) is 0.842. The molecular formula is C19H39O5PS. The number of unbranched alkanes of at least 4 members (excludes halogenated alkanes) is 3. The van der Waals surface area contributed by atoms with Crippen LogP contribution in [0.4, 0.5) is 0 Å². The first-order valence-corrected chi connectivity index (χ1v) is 14.6. The van der Waals surface area contributed by atoms with Gasteiger partial charge in [-0.1, -0.05) is 0 Å². The molecule has 0 amide bonds. The molecule has 0 bridgehead atoms. The Kier molecular flexibility index (Phi) is 11.2. The van der Waals surface area contributed by atoms with E-state index in [0.717, 1.165) is 57.0 Å². The zero-order valence-corrected chi connectivity index (χ0v) is 19.0. The molecule has 0 aromatic carbocycles. The van der Waals surface area contributed by atoms with Crippen LogP contribution in [0.2, 0.25) is 0 Å². The zero-order chi connectivity index (χ0) is 20.3. The van der Waals surface area contributed by atoms with Crippen molar-refractivity contribution in [3.05, 3.63) is 11.6 Å². The van der Waals surface area contributed by atoms with Crippen LogP contribution >= 0.6 is 6.83 Å². The van der Waals surface area contributed by atoms with E-state index in [2.05, 4.69) is 27.4 Å². The van der Waals surface area contributed by atoms with Crippen molar-refractivity contribution in [3.63, 3.8) is 0 Å². The SMILES string of the molecule is CCCCP(C)(CCCC)(CCCC)OC(=O)C(C)=CCCS(=O)(=O)O. The van der Waals surface area contributed by atoms with E-state index in [-0.39, 0.29) is 18.1 Å². The van der Waals surface area contributed by atoms with Gasteiger partial charge in [-0.25, -0.2) is 0 Å². The van der Waals surface area contributed by atoms with Gasteiger partial charge in [-0.2, -0.15) is 0 Å². The first kappa shape index (κ1) is 25.6. The van der Waals surface area contributed by atoms with Crippen LogP contribution in [0.5, 0.6) is 0 Å². The second-order valence-electron chi connectivity index (χ2n) is 7.76. The van der Waals surface area contributed by atoms with Crippen molar-refractivity contribution < 1.29 is 22.3 Å². The zero-order valence-electron chi connectivity index (χ0n) is 17.3. The molecule has 0 unspecified atom stereocenters. The Morgan fingerprint density at radius 3 is 1.77 bits per heavy atom. The molecule has 0 aromatic heterocycles. The first-order valence-electron chi connectivity index (χ1n) is 9.86. The van der Waals surface area contributed by atoms with Crippen molar-refractivity contribution in [2.75, 3.05) is 30.9 Å². The summed E-state index contributed by atoms with van der Waals surface area (Å²) >= 11 is 0. The molecule has 0 atom stereocenters. The summed E-state index contributed by atoms with van der Waals surface area (Å²) in [6.45, 7) is 7.74. The monoisotopic (exact) mass is 410 g/mol. The maximum atomic E-state index is 12.7. The molecule has 0 aliphatic heterocycles. The fourth-order valence-corrected chi connectivity index (χ4v) is 8.77. The molecule has 0 heterocycles. The average molecular weight is 411 g/mol. The van der Waals surface area contributed by atoms with Crippen LogP contribution in [-0.4, -0.2) is 49.8 Å². The Labute approximate surface area is 160 Å². The molecule has 0 radical (unpaired) electrons. The van der Waals surface area contributed by atoms with E-state index >= 15 is 0 Å². The molecule has 7 heteroatoms. The van der Waals surface area contributed by atoms with E-state index < -0.39 is 16.9 Å². The summed E-state index contributed by atoms with van der Waals surface area (Å²) in [7, 11) is -4.02. The summed E-state index contributed by atoms with van der Waals surface area (Å²) in [5.74, 6) is -0.710. The fourth-order valence-electron chi connectivity index (χ4n) is 3.12. The minimum absolute atomic E-state index is 0.109. The van der Waals surface area contributed by atoms with Gasteiger partial charge in [0.05, 0.1) is 0 Å². The Morgan fingerprint density at radius 1 is 1.00 bits per heavy atom. The Hall–Kier alpha value is -0.450. The molecule has 26 heavy (non-hydrogen) atoms. The maximum absolute atomic E-state index is 12.7. The van der Waals surface area contributed by atoms with Gasteiger partial charge in [0.15, 0.2) is 0 Å². The van der Waals surface area contributed by atoms with Gasteiger partial charge < -0.3 is 0 Å². The van der Waals surface area contributed by atoms with Crippen LogP contribution in [-0.2, 0) is 19.4 Å². The van der Waals surface area contributed by atoms with E-state index in [1.807, 2.05) is 0 Å². The number of carbonyl (C=O) groups excluding carboxylic acids is 1. The number of carbonyl (C=O) groups is 1. The number of rotatable bonds is 14. The predicted molar refractivity (Wildman–Crippen MR) is 113 cm³/mol. The molecule has 0 saturated carbocycles. The van der Waals surface area contributed by atoms with Crippen LogP contribution in [0.1, 0.15) is 72.6 Å². The summed E-state index contributed by atoms with van der Waals surface area (Å²) in [6, 6.07) is 0. The van der Waals surface area contributed by atoms with Crippen LogP contribution in [0.15, 0.2) is 11.6 Å². The molecule has 0 saturated heterocycles. The van der Waals surface area contributed by atoms with E-state index in [9.17, 15) is 13.2 Å². The molecule has 0 aromatic rings. The standard InChI is InChI=1S/C19H39O5PS/c1-6-9-14-25(5,15-10-7-2,16-11-8-3)24-19(20)18(4)13-12-17-26(21,22)23/h13H,6-12,14-17H2,1-5H3,(H,21,22,23). The van der Waals surface area contributed by atoms with Gasteiger partial charge in [0.25, 0.3) is 0 Å². The van der Waals surface area contributed by atoms with Crippen molar-refractivity contribution in [2.45, 2.75) is 72.6 Å². The molecule has 5 nitrogen and oxygen atoms in total. The van der Waals surface area contributed by atoms with E-state index in [1.54, 1.807) is 13.0 Å². The second kappa shape index (κ2) is 11.4. The third-order valence-electron chi connectivity index (χ3n) is 4.94. The Morgan fingerprint density at radius 2 is 1.42 bits per heavy atom. The molecule has 156 valence electrons. The number of hydrogen-bond donors (Lipinski definition) is 1. The summed E-state index contributed by atoms with van der Waals surface area (Å²) < 4.78 is 36.8. The summed E-state index contributed by atoms with van der Waals surface area (Å²) in [5.41, 5.74) is 0.425. The van der Waals surface area contributed by atoms with Crippen LogP contribution in [0.3, 0.4) is 0 Å². The second-order valence-corrected chi connectivity index (χ2v) is 15.2. The molecular weight excluding hydrogens is 371 g/mol. The van der Waals surface area contributed by atoms with Crippen molar-refractivity contribution in [1.82, 2.24) is 0 Å². The van der Waals surface area contributed by atoms with Gasteiger partial charge in [0.1, 0.15) is 0 Å². The summed E-state index contributed by atoms with van der Waals surface area (Å²) in [6.07, 6.45) is 10.9. The summed E-state index contributed by atoms with van der Waals surface area (Å²) in [5, 5.41) is 0. The first-order chi connectivity index (χ1) is 12.0. The molecule has 0 spiro atoms. The van der Waals surface area contributed by atoms with Crippen molar-refractivity contribution in [2.24, 2.45) is 0 Å². The van der Waals surface area contributed by atoms with Gasteiger partial charge in [0, 0.05) is 0 Å². The van der Waals surface area contributed by atoms with Crippen molar-refractivity contribution >= 4 is 22.9 Å². The average Bonchev–Trinajstić information content (AvgIpc) is 2.56. The van der Waals surface area contributed by atoms with Crippen LogP contribution in [0, 0.1) is 0 Å². The topological polar surface area (TPSA) is 80.7 Å². The third-order valence-corrected chi connectivity index (χ3v) is 11.2. The number of hydrogen-bond acceptors (Lipinski definition) is 4. The Balaban J connectivity index is 5.39.